The van der Waals surface area contributed by atoms with E-state index in [4.69, 9.17) is 0 Å². The van der Waals surface area contributed by atoms with Crippen LogP contribution in [0.1, 0.15) is 0 Å². The van der Waals surface area contributed by atoms with Gasteiger partial charge in [0.2, 0.25) is 0 Å². The third kappa shape index (κ3) is 172. The first-order chi connectivity index (χ1) is 2.00. The fraction of sp³-hybridized carbons (Fsp3) is 0. The molecule has 10 heteroatoms. The van der Waals surface area contributed by atoms with Gasteiger partial charge in [-0.3, -0.25) is 0 Å². The van der Waals surface area contributed by atoms with Crippen molar-refractivity contribution in [1.29, 1.82) is 0 Å². The molecule has 5 nitrogen and oxygen atoms in total. The molecule has 0 bridgehead atoms. The Morgan fingerprint density at radius 2 is 0.500 bits per heavy atom. The van der Waals surface area contributed by atoms with Gasteiger partial charge in [0.25, 0.3) is 0 Å². The van der Waals surface area contributed by atoms with Crippen molar-refractivity contribution in [2.75, 3.05) is 0 Å². The van der Waals surface area contributed by atoms with E-state index < -0.39 is 5.90 Å². The molecule has 0 aromatic carbocycles. The Labute approximate surface area is 88.3 Å². The van der Waals surface area contributed by atoms with Gasteiger partial charge in [0.05, 0.1) is 0 Å². The Kier molecular flexibility index (Phi) is 68.9. The van der Waals surface area contributed by atoms with Gasteiger partial charge < -0.3 is 27.4 Å². The summed E-state index contributed by atoms with van der Waals surface area (Å²) in [5.41, 5.74) is 0. The quantitative estimate of drug-likeness (QED) is 0.384. The molecule has 10 N–H and O–H groups in total. The standard InChI is InChI=1S/Br4Ge.5H2O/c1-5(2,3)4;;;;;/h;5*1H2. The molecule has 0 rings (SSSR count). The Hall–Kier alpha value is 2.26. The van der Waals surface area contributed by atoms with Gasteiger partial charge in [-0.15, -0.1) is 0 Å². The van der Waals surface area contributed by atoms with Crippen molar-refractivity contribution in [3.63, 3.8) is 0 Å². The van der Waals surface area contributed by atoms with Crippen molar-refractivity contribution >= 4 is 61.9 Å². The molecule has 0 aromatic rings. The van der Waals surface area contributed by atoms with E-state index in [2.05, 4.69) is 56.0 Å². The second-order valence-corrected chi connectivity index (χ2v) is 60.1. The molecule has 0 saturated carbocycles. The van der Waals surface area contributed by atoms with Crippen molar-refractivity contribution in [3.05, 3.63) is 0 Å². The summed E-state index contributed by atoms with van der Waals surface area (Å²) in [6.45, 7) is 0. The van der Waals surface area contributed by atoms with Gasteiger partial charge in [0.1, 0.15) is 0 Å². The van der Waals surface area contributed by atoms with Gasteiger partial charge in [-0.2, -0.15) is 0 Å². The van der Waals surface area contributed by atoms with Gasteiger partial charge in [-0.1, -0.05) is 0 Å². The van der Waals surface area contributed by atoms with Crippen molar-refractivity contribution in [2.45, 2.75) is 0 Å². The molecule has 0 radical (unpaired) electrons. The van der Waals surface area contributed by atoms with Crippen LogP contribution in [0, 0.1) is 0 Å². The van der Waals surface area contributed by atoms with Crippen LogP contribution in [0.5, 0.6) is 0 Å². The summed E-state index contributed by atoms with van der Waals surface area (Å²) >= 11 is 13.2. The van der Waals surface area contributed by atoms with Crippen molar-refractivity contribution < 1.29 is 27.4 Å². The summed E-state index contributed by atoms with van der Waals surface area (Å²) in [6.07, 6.45) is 0. The molecular weight excluding hydrogens is 472 g/mol. The summed E-state index contributed by atoms with van der Waals surface area (Å²) in [6, 6.07) is 0. The molecule has 0 aliphatic rings. The normalized spacial score (nSPS) is 6.00. The van der Waals surface area contributed by atoms with Gasteiger partial charge in [0, 0.05) is 0 Å². The molecule has 0 aliphatic carbocycles. The van der Waals surface area contributed by atoms with E-state index in [1.54, 1.807) is 0 Å². The number of rotatable bonds is 0. The molecule has 72 valence electrons. The molecule has 0 heterocycles. The van der Waals surface area contributed by atoms with E-state index in [1.165, 1.54) is 0 Å². The second kappa shape index (κ2) is 17.4. The number of halogens is 4. The first-order valence-electron chi connectivity index (χ1n) is 0.756. The van der Waals surface area contributed by atoms with Gasteiger partial charge >= 0.3 is 61.9 Å². The van der Waals surface area contributed by atoms with E-state index in [-0.39, 0.29) is 27.4 Å². The van der Waals surface area contributed by atoms with E-state index >= 15 is 0 Å². The Bertz CT molecular complexity index is 29.1. The monoisotopic (exact) mass is 480 g/mol. The first-order valence-corrected chi connectivity index (χ1v) is 20.4. The summed E-state index contributed by atoms with van der Waals surface area (Å²) < 4.78 is 0. The van der Waals surface area contributed by atoms with E-state index in [0.717, 1.165) is 0 Å². The van der Waals surface area contributed by atoms with Gasteiger partial charge in [-0.05, 0) is 0 Å². The summed E-state index contributed by atoms with van der Waals surface area (Å²) in [4.78, 5) is 0. The van der Waals surface area contributed by atoms with Crippen LogP contribution in [0.15, 0.2) is 0 Å². The third-order valence-electron chi connectivity index (χ3n) is 0. The van der Waals surface area contributed by atoms with E-state index in [1.807, 2.05) is 0 Å². The molecule has 10 heavy (non-hydrogen) atoms. The van der Waals surface area contributed by atoms with Crippen molar-refractivity contribution in [1.82, 2.24) is 0 Å². The predicted octanol–water partition coefficient (Wildman–Crippen LogP) is -1.12. The fourth-order valence-corrected chi connectivity index (χ4v) is 0. The van der Waals surface area contributed by atoms with Crippen LogP contribution in [0.4, 0.5) is 0 Å². The van der Waals surface area contributed by atoms with E-state index in [9.17, 15) is 0 Å². The van der Waals surface area contributed by atoms with Crippen LogP contribution in [-0.2, 0) is 0 Å². The number of hydrogen-bond acceptors (Lipinski definition) is 0. The molecule has 0 aliphatic heterocycles. The summed E-state index contributed by atoms with van der Waals surface area (Å²) in [5.74, 6) is -1.75. The Balaban J connectivity index is -0.00000000800. The van der Waals surface area contributed by atoms with Crippen molar-refractivity contribution in [3.8, 4) is 0 Å². The van der Waals surface area contributed by atoms with Crippen LogP contribution in [0.2, 0.25) is 0 Å². The van der Waals surface area contributed by atoms with Crippen LogP contribution < -0.4 is 0 Å². The maximum atomic E-state index is 3.31. The third-order valence-corrected chi connectivity index (χ3v) is 0. The first kappa shape index (κ1) is 39.7. The zero-order chi connectivity index (χ0) is 4.50. The second-order valence-electron chi connectivity index (χ2n) is 0.429. The Morgan fingerprint density at radius 1 is 0.500 bits per heavy atom. The van der Waals surface area contributed by atoms with Crippen LogP contribution in [0.25, 0.3) is 0 Å². The summed E-state index contributed by atoms with van der Waals surface area (Å²) in [5, 5.41) is 0. The van der Waals surface area contributed by atoms with E-state index in [0.29, 0.717) is 0 Å². The molecule has 0 unspecified atom stereocenters. The minimum atomic E-state index is -1.75. The Morgan fingerprint density at radius 3 is 0.500 bits per heavy atom. The maximum absolute atomic E-state index is 3.31. The average molecular weight is 482 g/mol. The minimum absolute atomic E-state index is 0. The zero-order valence-corrected chi connectivity index (χ0v) is 13.0. The van der Waals surface area contributed by atoms with Crippen molar-refractivity contribution in [2.24, 2.45) is 0 Å². The molecule has 0 atom stereocenters. The predicted molar refractivity (Wildman–Crippen MR) is 59.5 cm³/mol. The molecular formula is H10Br4GeO5. The zero-order valence-electron chi connectivity index (χ0n) is 4.51. The molecule has 0 fully saturated rings. The SMILES string of the molecule is O.O.O.O.O.[Br][Ge]([Br])([Br])[Br]. The van der Waals surface area contributed by atoms with Gasteiger partial charge in [0.15, 0.2) is 0 Å². The van der Waals surface area contributed by atoms with Crippen LogP contribution in [-0.4, -0.2) is 33.3 Å². The molecule has 0 spiro atoms. The molecule has 0 amide bonds. The average Bonchev–Trinajstić information content (AvgIpc) is 0.722. The number of hydrogen-bond donors (Lipinski definition) is 0. The van der Waals surface area contributed by atoms with Gasteiger partial charge in [-0.25, -0.2) is 0 Å². The topological polar surface area (TPSA) is 158 Å². The summed E-state index contributed by atoms with van der Waals surface area (Å²) in [7, 11) is 0. The van der Waals surface area contributed by atoms with Crippen LogP contribution >= 0.6 is 56.0 Å². The molecule has 0 aromatic heterocycles. The molecule has 0 saturated heterocycles. The fourth-order valence-electron chi connectivity index (χ4n) is 0. The van der Waals surface area contributed by atoms with Crippen LogP contribution in [0.3, 0.4) is 0 Å².